The van der Waals surface area contributed by atoms with Gasteiger partial charge in [0.15, 0.2) is 17.5 Å². The van der Waals surface area contributed by atoms with E-state index in [1.807, 2.05) is 24.3 Å². The number of rotatable bonds is 6. The molecule has 4 heteroatoms. The quantitative estimate of drug-likeness (QED) is 0.171. The van der Waals surface area contributed by atoms with E-state index in [0.717, 1.165) is 60.5 Å². The van der Waals surface area contributed by atoms with Gasteiger partial charge in [0, 0.05) is 39.3 Å². The van der Waals surface area contributed by atoms with Crippen molar-refractivity contribution in [2.24, 2.45) is 11.8 Å². The molecule has 2 aliphatic carbocycles. The fourth-order valence-electron chi connectivity index (χ4n) is 8.26. The number of hydrogen-bond donors (Lipinski definition) is 0. The molecule has 2 aromatic heterocycles. The van der Waals surface area contributed by atoms with Crippen molar-refractivity contribution in [3.8, 4) is 56.2 Å². The molecule has 0 aliphatic heterocycles. The molecular formula is C53H35N3O. The molecule has 9 aromatic rings. The molecule has 0 spiro atoms. The fourth-order valence-corrected chi connectivity index (χ4v) is 8.26. The van der Waals surface area contributed by atoms with Gasteiger partial charge < -0.3 is 4.42 Å². The van der Waals surface area contributed by atoms with Crippen LogP contribution in [0, 0.1) is 11.8 Å². The number of nitrogens with zero attached hydrogens (tertiary/aromatic N) is 3. The topological polar surface area (TPSA) is 51.8 Å². The van der Waals surface area contributed by atoms with Gasteiger partial charge in [-0.05, 0) is 74.5 Å². The van der Waals surface area contributed by atoms with Crippen LogP contribution in [0.4, 0.5) is 0 Å². The van der Waals surface area contributed by atoms with Gasteiger partial charge >= 0.3 is 0 Å². The molecule has 7 aromatic carbocycles. The van der Waals surface area contributed by atoms with Gasteiger partial charge in [-0.25, -0.2) is 15.0 Å². The Morgan fingerprint density at radius 3 is 1.79 bits per heavy atom. The summed E-state index contributed by atoms with van der Waals surface area (Å²) in [4.78, 5) is 15.6. The van der Waals surface area contributed by atoms with Crippen molar-refractivity contribution in [2.75, 3.05) is 0 Å². The first-order valence-corrected chi connectivity index (χ1v) is 19.4. The summed E-state index contributed by atoms with van der Waals surface area (Å²) >= 11 is 0. The molecule has 0 N–H and O–H groups in total. The first kappa shape index (κ1) is 33.0. The van der Waals surface area contributed by atoms with Crippen LogP contribution in [-0.2, 0) is 0 Å². The molecule has 0 fully saturated rings. The summed E-state index contributed by atoms with van der Waals surface area (Å²) in [5.41, 5.74) is 11.4. The van der Waals surface area contributed by atoms with Crippen molar-refractivity contribution in [1.29, 1.82) is 0 Å². The average Bonchev–Trinajstić information content (AvgIpc) is 3.67. The Balaban J connectivity index is 1.04. The van der Waals surface area contributed by atoms with E-state index < -0.39 is 0 Å². The minimum atomic E-state index is 0.251. The van der Waals surface area contributed by atoms with E-state index in [9.17, 15) is 0 Å². The van der Waals surface area contributed by atoms with E-state index in [1.165, 1.54) is 22.3 Å². The third-order valence-electron chi connectivity index (χ3n) is 11.3. The van der Waals surface area contributed by atoms with Crippen LogP contribution in [-0.4, -0.2) is 15.0 Å². The van der Waals surface area contributed by atoms with E-state index >= 15 is 0 Å². The summed E-state index contributed by atoms with van der Waals surface area (Å²) in [6, 6.07) is 55.4. The molecule has 2 heterocycles. The molecular weight excluding hydrogens is 695 g/mol. The first-order valence-electron chi connectivity index (χ1n) is 19.4. The summed E-state index contributed by atoms with van der Waals surface area (Å²) in [5.74, 6) is 2.47. The van der Waals surface area contributed by atoms with Gasteiger partial charge in [-0.1, -0.05) is 170 Å². The molecule has 0 radical (unpaired) electrons. The van der Waals surface area contributed by atoms with E-state index in [-0.39, 0.29) is 5.92 Å². The minimum absolute atomic E-state index is 0.251. The average molecular weight is 730 g/mol. The second kappa shape index (κ2) is 13.7. The van der Waals surface area contributed by atoms with Gasteiger partial charge in [0.1, 0.15) is 11.2 Å². The van der Waals surface area contributed by atoms with Crippen molar-refractivity contribution in [3.63, 3.8) is 0 Å². The van der Waals surface area contributed by atoms with Crippen molar-refractivity contribution in [3.05, 3.63) is 206 Å². The number of furan rings is 1. The molecule has 11 rings (SSSR count). The van der Waals surface area contributed by atoms with Crippen LogP contribution in [0.25, 0.3) is 94.4 Å². The van der Waals surface area contributed by atoms with Gasteiger partial charge in [-0.15, -0.1) is 0 Å². The summed E-state index contributed by atoms with van der Waals surface area (Å²) in [6.45, 7) is 0. The molecule has 2 atom stereocenters. The minimum Gasteiger partial charge on any atom is -0.456 e. The molecule has 2 unspecified atom stereocenters. The normalized spacial score (nSPS) is 16.0. The van der Waals surface area contributed by atoms with Gasteiger partial charge in [0.05, 0.1) is 0 Å². The van der Waals surface area contributed by atoms with E-state index in [0.29, 0.717) is 23.4 Å². The smallest absolute Gasteiger partial charge is 0.164 e. The van der Waals surface area contributed by atoms with Gasteiger partial charge in [0.2, 0.25) is 0 Å². The van der Waals surface area contributed by atoms with Gasteiger partial charge in [-0.3, -0.25) is 0 Å². The van der Waals surface area contributed by atoms with Crippen LogP contribution < -0.4 is 0 Å². The Bertz CT molecular complexity index is 3120. The number of benzene rings is 7. The summed E-state index contributed by atoms with van der Waals surface area (Å²) in [7, 11) is 0. The van der Waals surface area contributed by atoms with Crippen LogP contribution in [0.1, 0.15) is 5.82 Å². The van der Waals surface area contributed by atoms with Crippen LogP contribution >= 0.6 is 0 Å². The number of aromatic nitrogens is 3. The van der Waals surface area contributed by atoms with E-state index in [1.54, 1.807) is 0 Å². The van der Waals surface area contributed by atoms with E-state index in [4.69, 9.17) is 19.4 Å². The highest BCUT2D eigenvalue weighted by Gasteiger charge is 2.23. The summed E-state index contributed by atoms with van der Waals surface area (Å²) in [5, 5.41) is 4.30. The van der Waals surface area contributed by atoms with Crippen LogP contribution in [0.15, 0.2) is 205 Å². The second-order valence-corrected chi connectivity index (χ2v) is 14.8. The zero-order chi connectivity index (χ0) is 37.7. The zero-order valence-electron chi connectivity index (χ0n) is 31.0. The zero-order valence-corrected chi connectivity index (χ0v) is 31.0. The number of allylic oxidation sites excluding steroid dienone is 8. The van der Waals surface area contributed by atoms with Crippen LogP contribution in [0.5, 0.6) is 0 Å². The predicted molar refractivity (Wildman–Crippen MR) is 234 cm³/mol. The van der Waals surface area contributed by atoms with Crippen molar-refractivity contribution in [2.45, 2.75) is 0 Å². The fraction of sp³-hybridized carbons (Fsp3) is 0.0377. The lowest BCUT2D eigenvalue weighted by Crippen LogP contribution is -2.12. The Morgan fingerprint density at radius 2 is 1.00 bits per heavy atom. The highest BCUT2D eigenvalue weighted by atomic mass is 16.3. The molecule has 0 saturated carbocycles. The first-order chi connectivity index (χ1) is 28.2. The highest BCUT2D eigenvalue weighted by molar-refractivity contribution is 6.12. The predicted octanol–water partition coefficient (Wildman–Crippen LogP) is 13.6. The van der Waals surface area contributed by atoms with Gasteiger partial charge in [0.25, 0.3) is 0 Å². The standard InChI is InChI=1S/C53H35N3O/c1-3-10-34(11-4-1)37-18-20-38(21-19-37)42-28-29-46-49(33-42)57-48-17-9-16-47(50(46)48)53-55-51(43-26-23-36-14-7-8-15-40(36)30-43)54-52(56-53)44-27-24-39-22-25-41(31-45(39)32-44)35-12-5-2-6-13-35/h1-33,36,40H. The Hall–Kier alpha value is -7.43. The number of fused-ring (bicyclic) bond motifs is 5. The summed E-state index contributed by atoms with van der Waals surface area (Å²) in [6.07, 6.45) is 15.4. The Kier molecular flexibility index (Phi) is 7.92. The molecule has 268 valence electrons. The third-order valence-corrected chi connectivity index (χ3v) is 11.3. The number of hydrogen-bond acceptors (Lipinski definition) is 4. The monoisotopic (exact) mass is 729 g/mol. The second-order valence-electron chi connectivity index (χ2n) is 14.8. The maximum absolute atomic E-state index is 6.58. The van der Waals surface area contributed by atoms with Crippen molar-refractivity contribution >= 4 is 38.3 Å². The maximum atomic E-state index is 6.58. The molecule has 2 aliphatic rings. The lowest BCUT2D eigenvalue weighted by molar-refractivity contribution is 0.662. The van der Waals surface area contributed by atoms with Gasteiger partial charge in [-0.2, -0.15) is 0 Å². The Morgan fingerprint density at radius 1 is 0.404 bits per heavy atom. The van der Waals surface area contributed by atoms with E-state index in [2.05, 4.69) is 176 Å². The molecule has 57 heavy (non-hydrogen) atoms. The molecule has 0 bridgehead atoms. The van der Waals surface area contributed by atoms with Crippen LogP contribution in [0.3, 0.4) is 0 Å². The lowest BCUT2D eigenvalue weighted by Gasteiger charge is -2.22. The highest BCUT2D eigenvalue weighted by Crippen LogP contribution is 2.39. The van der Waals surface area contributed by atoms with Crippen molar-refractivity contribution < 1.29 is 4.42 Å². The third kappa shape index (κ3) is 6.09. The molecule has 0 amide bonds. The maximum Gasteiger partial charge on any atom is 0.164 e. The molecule has 4 nitrogen and oxygen atoms in total. The Labute approximate surface area is 330 Å². The lowest BCUT2D eigenvalue weighted by atomic mass is 9.83. The summed E-state index contributed by atoms with van der Waals surface area (Å²) < 4.78 is 6.58. The SMILES string of the molecule is C1=CC2C=CC(c3nc(-c4ccc5ccc(-c6ccccc6)cc5c4)nc(-c4cccc5oc6cc(-c7ccc(-c8ccccc8)cc7)ccc6c45)n3)=CC2C=C1. The van der Waals surface area contributed by atoms with Crippen molar-refractivity contribution in [1.82, 2.24) is 15.0 Å². The largest absolute Gasteiger partial charge is 0.456 e. The van der Waals surface area contributed by atoms with Crippen LogP contribution in [0.2, 0.25) is 0 Å². The molecule has 0 saturated heterocycles.